The summed E-state index contributed by atoms with van der Waals surface area (Å²) < 4.78 is 0. The second-order valence-electron chi connectivity index (χ2n) is 9.57. The minimum Gasteiger partial charge on any atom is -0.343 e. The predicted molar refractivity (Wildman–Crippen MR) is 130 cm³/mol. The molecule has 2 saturated heterocycles. The first-order valence-electron chi connectivity index (χ1n) is 12.4. The van der Waals surface area contributed by atoms with Gasteiger partial charge in [0.05, 0.1) is 0 Å². The molecule has 6 N–H and O–H groups in total. The van der Waals surface area contributed by atoms with Crippen LogP contribution in [0.3, 0.4) is 0 Å². The van der Waals surface area contributed by atoms with Gasteiger partial charge in [0.15, 0.2) is 0 Å². The van der Waals surface area contributed by atoms with E-state index in [4.69, 9.17) is 0 Å². The fourth-order valence-electron chi connectivity index (χ4n) is 3.94. The van der Waals surface area contributed by atoms with Crippen LogP contribution in [0.5, 0.6) is 0 Å². The highest BCUT2D eigenvalue weighted by molar-refractivity contribution is 5.98. The maximum atomic E-state index is 13.0. The van der Waals surface area contributed by atoms with E-state index in [1.807, 2.05) is 0 Å². The maximum Gasteiger partial charge on any atom is 0.245 e. The third-order valence-corrected chi connectivity index (χ3v) is 6.33. The van der Waals surface area contributed by atoms with Crippen LogP contribution in [0.1, 0.15) is 54.4 Å². The Kier molecular flexibility index (Phi) is 9.97. The number of rotatable bonds is 0. The first-order chi connectivity index (χ1) is 17.2. The SMILES string of the molecule is C[C@@H]1NC(=O)[C@H](C)NC(=O)[C@H](C)NC(=O)[C@H]2CCCN2C(=O)[C@H](C)NC(=O)[C@H](C)NC(=O)[C@H](C)NC1=O. The summed E-state index contributed by atoms with van der Waals surface area (Å²) in [6.07, 6.45) is 0.950. The molecule has 206 valence electrons. The van der Waals surface area contributed by atoms with Crippen molar-refractivity contribution in [1.82, 2.24) is 36.8 Å². The zero-order chi connectivity index (χ0) is 28.0. The van der Waals surface area contributed by atoms with Crippen molar-refractivity contribution < 1.29 is 33.6 Å². The van der Waals surface area contributed by atoms with Gasteiger partial charge in [0, 0.05) is 6.54 Å². The third-order valence-electron chi connectivity index (χ3n) is 6.33. The molecule has 0 bridgehead atoms. The van der Waals surface area contributed by atoms with Crippen LogP contribution in [0.25, 0.3) is 0 Å². The van der Waals surface area contributed by atoms with E-state index in [0.29, 0.717) is 19.4 Å². The Morgan fingerprint density at radius 1 is 0.486 bits per heavy atom. The van der Waals surface area contributed by atoms with Gasteiger partial charge < -0.3 is 36.8 Å². The normalized spacial score (nSPS) is 33.6. The van der Waals surface area contributed by atoms with Gasteiger partial charge in [-0.1, -0.05) is 0 Å². The number of nitrogens with zero attached hydrogens (tertiary/aromatic N) is 1. The molecule has 2 heterocycles. The number of carbonyl (C=O) groups excluding carboxylic acids is 7. The third kappa shape index (κ3) is 7.64. The van der Waals surface area contributed by atoms with Crippen LogP contribution in [-0.2, 0) is 33.6 Å². The number of hydrogen-bond donors (Lipinski definition) is 6. The fourth-order valence-corrected chi connectivity index (χ4v) is 3.94. The van der Waals surface area contributed by atoms with Crippen molar-refractivity contribution in [2.45, 2.75) is 96.7 Å². The van der Waals surface area contributed by atoms with Crippen LogP contribution in [-0.4, -0.2) is 95.1 Å². The molecule has 7 amide bonds. The van der Waals surface area contributed by atoms with Gasteiger partial charge in [0.25, 0.3) is 0 Å². The van der Waals surface area contributed by atoms with Gasteiger partial charge in [-0.05, 0) is 54.4 Å². The molecule has 7 atom stereocenters. The number of fused-ring (bicyclic) bond motifs is 1. The Balaban J connectivity index is 2.26. The number of amides is 7. The smallest absolute Gasteiger partial charge is 0.245 e. The summed E-state index contributed by atoms with van der Waals surface area (Å²) in [7, 11) is 0. The van der Waals surface area contributed by atoms with Crippen LogP contribution in [0.4, 0.5) is 0 Å². The summed E-state index contributed by atoms with van der Waals surface area (Å²) >= 11 is 0. The lowest BCUT2D eigenvalue weighted by Gasteiger charge is -2.28. The Labute approximate surface area is 215 Å². The average molecular weight is 524 g/mol. The zero-order valence-corrected chi connectivity index (χ0v) is 22.0. The second kappa shape index (κ2) is 12.5. The molecule has 2 fully saturated rings. The van der Waals surface area contributed by atoms with Crippen molar-refractivity contribution in [1.29, 1.82) is 0 Å². The average Bonchev–Trinajstić information content (AvgIpc) is 3.32. The fraction of sp³-hybridized carbons (Fsp3) is 0.696. The molecule has 37 heavy (non-hydrogen) atoms. The zero-order valence-electron chi connectivity index (χ0n) is 22.0. The molecule has 0 aliphatic carbocycles. The molecule has 0 radical (unpaired) electrons. The minimum absolute atomic E-state index is 0.302. The first kappa shape index (κ1) is 29.5. The topological polar surface area (TPSA) is 195 Å². The van der Waals surface area contributed by atoms with Crippen molar-refractivity contribution in [3.63, 3.8) is 0 Å². The molecule has 0 spiro atoms. The summed E-state index contributed by atoms with van der Waals surface area (Å²) in [6, 6.07) is -6.93. The summed E-state index contributed by atoms with van der Waals surface area (Å²) in [4.78, 5) is 89.9. The highest BCUT2D eigenvalue weighted by Gasteiger charge is 2.38. The molecule has 0 aromatic rings. The van der Waals surface area contributed by atoms with Gasteiger partial charge in [-0.15, -0.1) is 0 Å². The number of carbonyl (C=O) groups is 7. The Morgan fingerprint density at radius 2 is 0.784 bits per heavy atom. The van der Waals surface area contributed by atoms with E-state index < -0.39 is 83.6 Å². The van der Waals surface area contributed by atoms with Gasteiger partial charge in [-0.25, -0.2) is 0 Å². The molecule has 2 rings (SSSR count). The predicted octanol–water partition coefficient (Wildman–Crippen LogP) is -2.98. The van der Waals surface area contributed by atoms with Crippen molar-refractivity contribution in [3.05, 3.63) is 0 Å². The summed E-state index contributed by atoms with van der Waals surface area (Å²) in [5.74, 6) is -4.22. The second-order valence-corrected chi connectivity index (χ2v) is 9.57. The van der Waals surface area contributed by atoms with Crippen molar-refractivity contribution in [2.75, 3.05) is 6.54 Å². The van der Waals surface area contributed by atoms with E-state index in [1.165, 1.54) is 46.4 Å². The summed E-state index contributed by atoms with van der Waals surface area (Å²) in [6.45, 7) is 8.89. The van der Waals surface area contributed by atoms with E-state index in [0.717, 1.165) is 0 Å². The molecule has 2 aliphatic rings. The molecule has 0 saturated carbocycles. The van der Waals surface area contributed by atoms with Crippen molar-refractivity contribution in [2.24, 2.45) is 0 Å². The monoisotopic (exact) mass is 523 g/mol. The van der Waals surface area contributed by atoms with Gasteiger partial charge in [0.2, 0.25) is 41.4 Å². The molecule has 14 heteroatoms. The molecule has 2 aliphatic heterocycles. The molecular formula is C23H37N7O7. The number of hydrogen-bond acceptors (Lipinski definition) is 7. The standard InChI is InChI=1S/C23H37N7O7/c1-10-17(31)25-11(2)19(33)27-13(4)21(35)29-15(6)23(37)30-9-7-8-16(30)22(36)28-14(5)20(34)26-12(3)18(32)24-10/h10-16H,7-9H2,1-6H3,(H,24,32)(H,25,31)(H,26,34)(H,27,33)(H,28,36)(H,29,35)/t10-,11-,12-,13-,14-,15-,16+/m0/s1. The minimum atomic E-state index is -1.03. The van der Waals surface area contributed by atoms with E-state index in [2.05, 4.69) is 31.9 Å². The highest BCUT2D eigenvalue weighted by atomic mass is 16.2. The largest absolute Gasteiger partial charge is 0.343 e. The highest BCUT2D eigenvalue weighted by Crippen LogP contribution is 2.19. The van der Waals surface area contributed by atoms with Gasteiger partial charge in [-0.2, -0.15) is 0 Å². The van der Waals surface area contributed by atoms with Crippen LogP contribution in [0.2, 0.25) is 0 Å². The van der Waals surface area contributed by atoms with Crippen molar-refractivity contribution in [3.8, 4) is 0 Å². The summed E-state index contributed by atoms with van der Waals surface area (Å²) in [5, 5.41) is 15.0. The first-order valence-corrected chi connectivity index (χ1v) is 12.4. The van der Waals surface area contributed by atoms with Gasteiger partial charge >= 0.3 is 0 Å². The Morgan fingerprint density at radius 3 is 1.14 bits per heavy atom. The van der Waals surface area contributed by atoms with E-state index >= 15 is 0 Å². The molecule has 0 unspecified atom stereocenters. The molecular weight excluding hydrogens is 486 g/mol. The van der Waals surface area contributed by atoms with Gasteiger partial charge in [-0.3, -0.25) is 33.6 Å². The molecule has 0 aromatic heterocycles. The van der Waals surface area contributed by atoms with E-state index in [1.54, 1.807) is 0 Å². The summed E-state index contributed by atoms with van der Waals surface area (Å²) in [5.41, 5.74) is 0. The van der Waals surface area contributed by atoms with Crippen LogP contribution >= 0.6 is 0 Å². The van der Waals surface area contributed by atoms with Crippen LogP contribution in [0.15, 0.2) is 0 Å². The van der Waals surface area contributed by atoms with Crippen molar-refractivity contribution >= 4 is 41.4 Å². The van der Waals surface area contributed by atoms with Gasteiger partial charge in [0.1, 0.15) is 42.3 Å². The van der Waals surface area contributed by atoms with Crippen LogP contribution in [0, 0.1) is 0 Å². The lowest BCUT2D eigenvalue weighted by Crippen LogP contribution is -2.57. The number of nitrogens with one attached hydrogen (secondary N) is 6. The van der Waals surface area contributed by atoms with E-state index in [9.17, 15) is 33.6 Å². The Bertz CT molecular complexity index is 956. The van der Waals surface area contributed by atoms with E-state index in [-0.39, 0.29) is 0 Å². The lowest BCUT2D eigenvalue weighted by atomic mass is 10.1. The quantitative estimate of drug-likeness (QED) is 0.195. The molecule has 14 nitrogen and oxygen atoms in total. The Hall–Kier alpha value is -3.71. The van der Waals surface area contributed by atoms with Crippen LogP contribution < -0.4 is 31.9 Å². The lowest BCUT2D eigenvalue weighted by molar-refractivity contribution is -0.142. The molecule has 0 aromatic carbocycles. The maximum absolute atomic E-state index is 13.0.